The summed E-state index contributed by atoms with van der Waals surface area (Å²) in [6.07, 6.45) is 0. The number of hydrogen-bond acceptors (Lipinski definition) is 3. The first-order chi connectivity index (χ1) is 14.4. The minimum atomic E-state index is -2.28. The standard InChI is InChI=1S/C26H30O3Si/c1-21(2)30(22(3)4,18-11-17-29-20-28-5)19-16-23-12-9-10-15-25(23)26(27)24-13-7-6-8-14-24/h6-10,12-15,21-22H,17,20H2,1-5H3. The molecule has 0 saturated heterocycles. The second kappa shape index (κ2) is 11.5. The van der Waals surface area contributed by atoms with Crippen molar-refractivity contribution in [2.45, 2.75) is 38.8 Å². The first-order valence-electron chi connectivity index (χ1n) is 10.2. The van der Waals surface area contributed by atoms with Crippen LogP contribution in [-0.4, -0.2) is 34.4 Å². The third-order valence-corrected chi connectivity index (χ3v) is 9.88. The molecule has 156 valence electrons. The van der Waals surface area contributed by atoms with Gasteiger partial charge in [-0.05, 0) is 23.2 Å². The summed E-state index contributed by atoms with van der Waals surface area (Å²) in [5.74, 6) is 6.49. The Morgan fingerprint density at radius 2 is 1.57 bits per heavy atom. The maximum atomic E-state index is 13.0. The number of ether oxygens (including phenoxy) is 2. The minimum Gasteiger partial charge on any atom is -0.359 e. The lowest BCUT2D eigenvalue weighted by Crippen LogP contribution is -2.39. The molecule has 0 aromatic heterocycles. The molecule has 30 heavy (non-hydrogen) atoms. The highest BCUT2D eigenvalue weighted by atomic mass is 28.3. The Kier molecular flexibility index (Phi) is 9.08. The molecular formula is C26H30O3Si. The quantitative estimate of drug-likeness (QED) is 0.203. The van der Waals surface area contributed by atoms with Crippen LogP contribution in [0.5, 0.6) is 0 Å². The van der Waals surface area contributed by atoms with Crippen molar-refractivity contribution >= 4 is 13.9 Å². The van der Waals surface area contributed by atoms with Gasteiger partial charge in [0.25, 0.3) is 0 Å². The monoisotopic (exact) mass is 418 g/mol. The van der Waals surface area contributed by atoms with Gasteiger partial charge in [-0.25, -0.2) is 0 Å². The van der Waals surface area contributed by atoms with Gasteiger partial charge in [0.2, 0.25) is 8.07 Å². The Hall–Kier alpha value is -2.63. The van der Waals surface area contributed by atoms with Crippen molar-refractivity contribution in [1.29, 1.82) is 0 Å². The third kappa shape index (κ3) is 5.94. The summed E-state index contributed by atoms with van der Waals surface area (Å²) in [7, 11) is -0.693. The van der Waals surface area contributed by atoms with Crippen molar-refractivity contribution in [3.05, 3.63) is 71.3 Å². The molecule has 0 saturated carbocycles. The van der Waals surface area contributed by atoms with E-state index in [2.05, 4.69) is 50.6 Å². The molecule has 3 nitrogen and oxygen atoms in total. The van der Waals surface area contributed by atoms with Crippen molar-refractivity contribution in [2.24, 2.45) is 0 Å². The van der Waals surface area contributed by atoms with E-state index in [4.69, 9.17) is 9.47 Å². The van der Waals surface area contributed by atoms with Gasteiger partial charge in [0.15, 0.2) is 5.78 Å². The van der Waals surface area contributed by atoms with Crippen LogP contribution in [0.3, 0.4) is 0 Å². The predicted octanol–water partition coefficient (Wildman–Crippen LogP) is 5.24. The van der Waals surface area contributed by atoms with Gasteiger partial charge >= 0.3 is 0 Å². The molecule has 2 rings (SSSR count). The molecule has 0 aliphatic rings. The highest BCUT2D eigenvalue weighted by molar-refractivity contribution is 6.96. The van der Waals surface area contributed by atoms with Gasteiger partial charge in [-0.2, -0.15) is 0 Å². The zero-order valence-electron chi connectivity index (χ0n) is 18.5. The van der Waals surface area contributed by atoms with E-state index in [9.17, 15) is 4.79 Å². The zero-order chi connectivity index (χ0) is 22.0. The molecule has 0 amide bonds. The summed E-state index contributed by atoms with van der Waals surface area (Å²) in [6.45, 7) is 9.30. The fraction of sp³-hybridized carbons (Fsp3) is 0.346. The topological polar surface area (TPSA) is 35.5 Å². The van der Waals surface area contributed by atoms with Crippen LogP contribution in [0.4, 0.5) is 0 Å². The molecule has 0 spiro atoms. The molecule has 2 aromatic carbocycles. The van der Waals surface area contributed by atoms with Gasteiger partial charge in [0.05, 0.1) is 0 Å². The number of ketones is 1. The van der Waals surface area contributed by atoms with Crippen LogP contribution in [0.15, 0.2) is 54.6 Å². The van der Waals surface area contributed by atoms with Crippen molar-refractivity contribution in [2.75, 3.05) is 20.5 Å². The molecule has 0 aliphatic heterocycles. The molecule has 0 atom stereocenters. The molecule has 2 aromatic rings. The van der Waals surface area contributed by atoms with Gasteiger partial charge in [-0.15, -0.1) is 11.1 Å². The molecule has 0 bridgehead atoms. The molecular weight excluding hydrogens is 388 g/mol. The molecule has 0 radical (unpaired) electrons. The summed E-state index contributed by atoms with van der Waals surface area (Å²) >= 11 is 0. The summed E-state index contributed by atoms with van der Waals surface area (Å²) in [5.41, 5.74) is 9.79. The van der Waals surface area contributed by atoms with Gasteiger partial charge in [0, 0.05) is 23.8 Å². The van der Waals surface area contributed by atoms with Crippen molar-refractivity contribution in [3.63, 3.8) is 0 Å². The fourth-order valence-electron chi connectivity index (χ4n) is 3.34. The maximum Gasteiger partial charge on any atom is 0.222 e. The van der Waals surface area contributed by atoms with Gasteiger partial charge in [-0.1, -0.05) is 82.0 Å². The minimum absolute atomic E-state index is 0.0130. The fourth-order valence-corrected chi connectivity index (χ4v) is 6.60. The highest BCUT2D eigenvalue weighted by Crippen LogP contribution is 2.31. The summed E-state index contributed by atoms with van der Waals surface area (Å²) < 4.78 is 10.2. The average Bonchev–Trinajstić information content (AvgIpc) is 2.75. The van der Waals surface area contributed by atoms with Gasteiger partial charge in [-0.3, -0.25) is 4.79 Å². The van der Waals surface area contributed by atoms with E-state index < -0.39 is 8.07 Å². The van der Waals surface area contributed by atoms with E-state index in [0.717, 1.165) is 5.56 Å². The van der Waals surface area contributed by atoms with Crippen LogP contribution < -0.4 is 0 Å². The van der Waals surface area contributed by atoms with Crippen molar-refractivity contribution < 1.29 is 14.3 Å². The van der Waals surface area contributed by atoms with E-state index in [-0.39, 0.29) is 12.6 Å². The maximum absolute atomic E-state index is 13.0. The molecule has 0 N–H and O–H groups in total. The smallest absolute Gasteiger partial charge is 0.222 e. The van der Waals surface area contributed by atoms with Crippen LogP contribution in [0, 0.1) is 22.9 Å². The Morgan fingerprint density at radius 1 is 0.933 bits per heavy atom. The number of carbonyl (C=O) groups excluding carboxylic acids is 1. The van der Waals surface area contributed by atoms with E-state index in [0.29, 0.717) is 28.8 Å². The lowest BCUT2D eigenvalue weighted by molar-refractivity contribution is -0.0166. The lowest BCUT2D eigenvalue weighted by atomic mass is 9.99. The second-order valence-corrected chi connectivity index (χ2v) is 12.3. The van der Waals surface area contributed by atoms with E-state index in [1.165, 1.54) is 0 Å². The van der Waals surface area contributed by atoms with Crippen LogP contribution in [-0.2, 0) is 9.47 Å². The molecule has 0 heterocycles. The first kappa shape index (κ1) is 23.6. The van der Waals surface area contributed by atoms with Crippen LogP contribution in [0.1, 0.15) is 49.2 Å². The number of rotatable bonds is 7. The Bertz CT molecular complexity index is 948. The Balaban J connectivity index is 2.44. The predicted molar refractivity (Wildman–Crippen MR) is 125 cm³/mol. The number of methoxy groups -OCH3 is 1. The highest BCUT2D eigenvalue weighted by Gasteiger charge is 2.37. The van der Waals surface area contributed by atoms with E-state index in [1.807, 2.05) is 54.6 Å². The molecule has 4 heteroatoms. The third-order valence-electron chi connectivity index (χ3n) is 5.10. The van der Waals surface area contributed by atoms with Crippen molar-refractivity contribution in [3.8, 4) is 22.9 Å². The zero-order valence-corrected chi connectivity index (χ0v) is 19.5. The molecule has 0 aliphatic carbocycles. The van der Waals surface area contributed by atoms with Crippen molar-refractivity contribution in [1.82, 2.24) is 0 Å². The largest absolute Gasteiger partial charge is 0.359 e. The number of benzene rings is 2. The van der Waals surface area contributed by atoms with Crippen LogP contribution in [0.2, 0.25) is 11.1 Å². The summed E-state index contributed by atoms with van der Waals surface area (Å²) in [6, 6.07) is 16.9. The first-order valence-corrected chi connectivity index (χ1v) is 12.4. The van der Waals surface area contributed by atoms with E-state index >= 15 is 0 Å². The Morgan fingerprint density at radius 3 is 2.20 bits per heavy atom. The molecule has 0 unspecified atom stereocenters. The summed E-state index contributed by atoms with van der Waals surface area (Å²) in [5, 5.41) is 0. The Labute approximate surface area is 181 Å². The second-order valence-electron chi connectivity index (χ2n) is 7.73. The SMILES string of the molecule is COCOCC#C[Si](C#Cc1ccccc1C(=O)c1ccccc1)(C(C)C)C(C)C. The molecule has 0 fully saturated rings. The van der Waals surface area contributed by atoms with Gasteiger partial charge < -0.3 is 9.47 Å². The lowest BCUT2D eigenvalue weighted by Gasteiger charge is -2.28. The van der Waals surface area contributed by atoms with Gasteiger partial charge in [0.1, 0.15) is 13.4 Å². The number of carbonyl (C=O) groups is 1. The normalized spacial score (nSPS) is 10.9. The average molecular weight is 419 g/mol. The van der Waals surface area contributed by atoms with Crippen LogP contribution in [0.25, 0.3) is 0 Å². The van der Waals surface area contributed by atoms with Crippen LogP contribution >= 0.6 is 0 Å². The summed E-state index contributed by atoms with van der Waals surface area (Å²) in [4.78, 5) is 13.0. The van der Waals surface area contributed by atoms with E-state index in [1.54, 1.807) is 7.11 Å². The number of hydrogen-bond donors (Lipinski definition) is 0.